The molecular formula is C13H11ClN4. The summed E-state index contributed by atoms with van der Waals surface area (Å²) in [5, 5.41) is 0.598. The van der Waals surface area contributed by atoms with Gasteiger partial charge in [-0.3, -0.25) is 4.98 Å². The van der Waals surface area contributed by atoms with Gasteiger partial charge in [0.1, 0.15) is 11.3 Å². The van der Waals surface area contributed by atoms with Crippen LogP contribution in [0.4, 0.5) is 5.69 Å². The minimum absolute atomic E-state index is 0.575. The Morgan fingerprint density at radius 3 is 2.89 bits per heavy atom. The van der Waals surface area contributed by atoms with Crippen LogP contribution in [0.15, 0.2) is 30.5 Å². The molecule has 0 aliphatic rings. The molecule has 2 heterocycles. The molecule has 3 aromatic rings. The molecule has 0 atom stereocenters. The van der Waals surface area contributed by atoms with Gasteiger partial charge in [-0.1, -0.05) is 11.6 Å². The van der Waals surface area contributed by atoms with Crippen LogP contribution in [0.2, 0.25) is 5.02 Å². The number of pyridine rings is 1. The van der Waals surface area contributed by atoms with E-state index >= 15 is 0 Å². The Morgan fingerprint density at radius 2 is 2.11 bits per heavy atom. The maximum Gasteiger partial charge on any atom is 0.138 e. The van der Waals surface area contributed by atoms with Crippen molar-refractivity contribution in [2.45, 2.75) is 6.92 Å². The molecule has 0 unspecified atom stereocenters. The molecule has 0 aliphatic heterocycles. The summed E-state index contributed by atoms with van der Waals surface area (Å²) in [4.78, 5) is 11.9. The third-order valence-corrected chi connectivity index (χ3v) is 2.97. The average Bonchev–Trinajstić information content (AvgIpc) is 2.73. The van der Waals surface area contributed by atoms with Crippen molar-refractivity contribution in [3.05, 3.63) is 41.2 Å². The van der Waals surface area contributed by atoms with Gasteiger partial charge in [-0.25, -0.2) is 4.98 Å². The number of hydrogen-bond donors (Lipinski definition) is 2. The standard InChI is InChI=1S/C13H11ClN4/c1-7-4-8(2-3-16-7)13-17-11-6-9(14)5-10(15)12(11)18-13/h2-6H,15H2,1H3,(H,17,18). The van der Waals surface area contributed by atoms with E-state index in [0.717, 1.165) is 28.1 Å². The van der Waals surface area contributed by atoms with E-state index in [9.17, 15) is 0 Å². The highest BCUT2D eigenvalue weighted by atomic mass is 35.5. The number of aromatic nitrogens is 3. The number of nitrogens with zero attached hydrogens (tertiary/aromatic N) is 2. The van der Waals surface area contributed by atoms with Crippen molar-refractivity contribution >= 4 is 28.3 Å². The molecule has 1 aromatic carbocycles. The first kappa shape index (κ1) is 11.0. The summed E-state index contributed by atoms with van der Waals surface area (Å²) in [7, 11) is 0. The first-order valence-corrected chi connectivity index (χ1v) is 5.89. The number of nitrogens with two attached hydrogens (primary N) is 1. The minimum atomic E-state index is 0.575. The van der Waals surface area contributed by atoms with Crippen LogP contribution < -0.4 is 5.73 Å². The lowest BCUT2D eigenvalue weighted by Crippen LogP contribution is -1.86. The molecule has 3 N–H and O–H groups in total. The van der Waals surface area contributed by atoms with Crippen molar-refractivity contribution in [2.75, 3.05) is 5.73 Å². The second-order valence-corrected chi connectivity index (χ2v) is 4.60. The largest absolute Gasteiger partial charge is 0.397 e. The molecule has 90 valence electrons. The normalized spacial score (nSPS) is 11.0. The number of aryl methyl sites for hydroxylation is 1. The Balaban J connectivity index is 2.22. The molecule has 2 aromatic heterocycles. The summed E-state index contributed by atoms with van der Waals surface area (Å²) in [6, 6.07) is 7.39. The monoisotopic (exact) mass is 258 g/mol. The SMILES string of the molecule is Cc1cc(-c2nc3c(N)cc(Cl)cc3[nH]2)ccn1. The van der Waals surface area contributed by atoms with Crippen molar-refractivity contribution in [2.24, 2.45) is 0 Å². The molecule has 4 nitrogen and oxygen atoms in total. The molecule has 0 amide bonds. The molecule has 0 bridgehead atoms. The van der Waals surface area contributed by atoms with Gasteiger partial charge in [0.15, 0.2) is 0 Å². The molecule has 0 saturated carbocycles. The number of fused-ring (bicyclic) bond motifs is 1. The Bertz CT molecular complexity index is 733. The zero-order chi connectivity index (χ0) is 12.7. The van der Waals surface area contributed by atoms with Crippen molar-refractivity contribution in [1.29, 1.82) is 0 Å². The van der Waals surface area contributed by atoms with Crippen molar-refractivity contribution < 1.29 is 0 Å². The second-order valence-electron chi connectivity index (χ2n) is 4.16. The highest BCUT2D eigenvalue weighted by Gasteiger charge is 2.09. The first-order chi connectivity index (χ1) is 8.63. The van der Waals surface area contributed by atoms with Crippen LogP contribution in [0, 0.1) is 6.92 Å². The van der Waals surface area contributed by atoms with Gasteiger partial charge in [0.05, 0.1) is 11.2 Å². The number of nitrogens with one attached hydrogen (secondary N) is 1. The Labute approximate surface area is 109 Å². The van der Waals surface area contributed by atoms with Crippen LogP contribution in [-0.2, 0) is 0 Å². The fourth-order valence-electron chi connectivity index (χ4n) is 1.94. The number of anilines is 1. The predicted molar refractivity (Wildman–Crippen MR) is 73.5 cm³/mol. The molecular weight excluding hydrogens is 248 g/mol. The summed E-state index contributed by atoms with van der Waals surface area (Å²) < 4.78 is 0. The number of hydrogen-bond acceptors (Lipinski definition) is 3. The van der Waals surface area contributed by atoms with Gasteiger partial charge in [-0.05, 0) is 31.2 Å². The lowest BCUT2D eigenvalue weighted by molar-refractivity contribution is 1.19. The summed E-state index contributed by atoms with van der Waals surface area (Å²) in [5.74, 6) is 0.768. The maximum atomic E-state index is 5.97. The molecule has 0 spiro atoms. The summed E-state index contributed by atoms with van der Waals surface area (Å²) in [6.07, 6.45) is 1.76. The van der Waals surface area contributed by atoms with Crippen LogP contribution in [-0.4, -0.2) is 15.0 Å². The lowest BCUT2D eigenvalue weighted by Gasteiger charge is -1.96. The van der Waals surface area contributed by atoms with Gasteiger partial charge in [-0.15, -0.1) is 0 Å². The fraction of sp³-hybridized carbons (Fsp3) is 0.0769. The quantitative estimate of drug-likeness (QED) is 0.659. The Kier molecular flexibility index (Phi) is 2.45. The number of rotatable bonds is 1. The number of H-pyrrole nitrogens is 1. The molecule has 0 aliphatic carbocycles. The third-order valence-electron chi connectivity index (χ3n) is 2.75. The van der Waals surface area contributed by atoms with Gasteiger partial charge in [0.2, 0.25) is 0 Å². The van der Waals surface area contributed by atoms with Gasteiger partial charge in [0, 0.05) is 22.5 Å². The Morgan fingerprint density at radius 1 is 1.28 bits per heavy atom. The van der Waals surface area contributed by atoms with Crippen LogP contribution >= 0.6 is 11.6 Å². The van der Waals surface area contributed by atoms with Gasteiger partial charge < -0.3 is 10.7 Å². The van der Waals surface area contributed by atoms with Gasteiger partial charge in [-0.2, -0.15) is 0 Å². The van der Waals surface area contributed by atoms with Gasteiger partial charge >= 0.3 is 0 Å². The number of halogens is 1. The van der Waals surface area contributed by atoms with E-state index in [0.29, 0.717) is 10.7 Å². The number of benzene rings is 1. The first-order valence-electron chi connectivity index (χ1n) is 5.51. The van der Waals surface area contributed by atoms with Crippen LogP contribution in [0.25, 0.3) is 22.4 Å². The topological polar surface area (TPSA) is 67.6 Å². The van der Waals surface area contributed by atoms with Crippen LogP contribution in [0.5, 0.6) is 0 Å². The van der Waals surface area contributed by atoms with Crippen LogP contribution in [0.1, 0.15) is 5.69 Å². The van der Waals surface area contributed by atoms with E-state index in [1.807, 2.05) is 25.1 Å². The predicted octanol–water partition coefficient (Wildman–Crippen LogP) is 3.17. The summed E-state index contributed by atoms with van der Waals surface area (Å²) in [6.45, 7) is 1.94. The van der Waals surface area contributed by atoms with E-state index < -0.39 is 0 Å². The molecule has 0 radical (unpaired) electrons. The van der Waals surface area contributed by atoms with E-state index in [2.05, 4.69) is 15.0 Å². The highest BCUT2D eigenvalue weighted by Crippen LogP contribution is 2.27. The number of nitrogen functional groups attached to an aromatic ring is 1. The lowest BCUT2D eigenvalue weighted by atomic mass is 10.2. The zero-order valence-corrected chi connectivity index (χ0v) is 10.5. The molecule has 0 saturated heterocycles. The van der Waals surface area contributed by atoms with Crippen molar-refractivity contribution in [1.82, 2.24) is 15.0 Å². The van der Waals surface area contributed by atoms with E-state index in [4.69, 9.17) is 17.3 Å². The zero-order valence-electron chi connectivity index (χ0n) is 9.74. The maximum absolute atomic E-state index is 5.97. The van der Waals surface area contributed by atoms with E-state index in [-0.39, 0.29) is 0 Å². The fourth-order valence-corrected chi connectivity index (χ4v) is 2.16. The summed E-state index contributed by atoms with van der Waals surface area (Å²) >= 11 is 5.97. The second kappa shape index (κ2) is 3.99. The highest BCUT2D eigenvalue weighted by molar-refractivity contribution is 6.31. The van der Waals surface area contributed by atoms with E-state index in [1.54, 1.807) is 12.3 Å². The molecule has 0 fully saturated rings. The average molecular weight is 259 g/mol. The number of imidazole rings is 1. The number of aromatic amines is 1. The van der Waals surface area contributed by atoms with E-state index in [1.165, 1.54) is 0 Å². The van der Waals surface area contributed by atoms with Gasteiger partial charge in [0.25, 0.3) is 0 Å². The summed E-state index contributed by atoms with van der Waals surface area (Å²) in [5.41, 5.74) is 9.98. The molecule has 18 heavy (non-hydrogen) atoms. The molecule has 5 heteroatoms. The smallest absolute Gasteiger partial charge is 0.138 e. The van der Waals surface area contributed by atoms with Crippen LogP contribution in [0.3, 0.4) is 0 Å². The van der Waals surface area contributed by atoms with Crippen molar-refractivity contribution in [3.63, 3.8) is 0 Å². The Hall–Kier alpha value is -2.07. The third kappa shape index (κ3) is 1.80. The van der Waals surface area contributed by atoms with Crippen molar-refractivity contribution in [3.8, 4) is 11.4 Å². The molecule has 3 rings (SSSR count). The minimum Gasteiger partial charge on any atom is -0.397 e.